The second-order valence-corrected chi connectivity index (χ2v) is 11.5. The van der Waals surface area contributed by atoms with Crippen molar-refractivity contribution in [3.05, 3.63) is 46.5 Å². The number of rotatable bonds is 5. The van der Waals surface area contributed by atoms with Crippen molar-refractivity contribution >= 4 is 34.6 Å². The molecule has 6 rings (SSSR count). The molecule has 4 heterocycles. The number of carbonyl (C=O) groups excluding carboxylic acids is 2. The van der Waals surface area contributed by atoms with Gasteiger partial charge in [-0.15, -0.1) is 0 Å². The Morgan fingerprint density at radius 2 is 1.20 bits per heavy atom. The van der Waals surface area contributed by atoms with Crippen molar-refractivity contribution in [3.63, 3.8) is 0 Å². The highest BCUT2D eigenvalue weighted by Crippen LogP contribution is 2.44. The average Bonchev–Trinajstić information content (AvgIpc) is 2.81. The zero-order chi connectivity index (χ0) is 28.8. The fourth-order valence-electron chi connectivity index (χ4n) is 6.17. The van der Waals surface area contributed by atoms with E-state index in [2.05, 4.69) is 9.80 Å². The van der Waals surface area contributed by atoms with Gasteiger partial charge in [-0.3, -0.25) is 19.7 Å². The second kappa shape index (κ2) is 10.1. The topological polar surface area (TPSA) is 135 Å². The molecule has 2 aromatic carbocycles. The molecule has 40 heavy (non-hydrogen) atoms. The Morgan fingerprint density at radius 1 is 0.775 bits per heavy atom. The average molecular weight is 553 g/mol. The number of nitrogens with two attached hydrogens (primary N) is 1. The summed E-state index contributed by atoms with van der Waals surface area (Å²) in [5.74, 6) is 1.30. The summed E-state index contributed by atoms with van der Waals surface area (Å²) in [4.78, 5) is 41.1. The van der Waals surface area contributed by atoms with Crippen molar-refractivity contribution in [3.8, 4) is 11.5 Å². The van der Waals surface area contributed by atoms with Crippen LogP contribution in [-0.2, 0) is 9.59 Å². The Bertz CT molecular complexity index is 1320. The van der Waals surface area contributed by atoms with Gasteiger partial charge in [0, 0.05) is 107 Å². The molecule has 0 aromatic heterocycles. The monoisotopic (exact) mass is 552 g/mol. The molecule has 214 valence electrons. The number of nitrogens with zero attached hydrogens (tertiary/aromatic N) is 5. The van der Waals surface area contributed by atoms with E-state index in [9.17, 15) is 19.7 Å². The van der Waals surface area contributed by atoms with Crippen LogP contribution in [0.4, 0.5) is 22.7 Å². The quantitative estimate of drug-likeness (QED) is 0.337. The van der Waals surface area contributed by atoms with E-state index >= 15 is 0 Å². The minimum Gasteiger partial charge on any atom is -0.495 e. The van der Waals surface area contributed by atoms with Crippen molar-refractivity contribution < 1.29 is 24.0 Å². The Hall–Kier alpha value is -4.22. The number of benzene rings is 2. The number of methoxy groups -OCH3 is 2. The first-order valence-electron chi connectivity index (χ1n) is 13.2. The van der Waals surface area contributed by atoms with E-state index in [1.807, 2.05) is 28.0 Å². The van der Waals surface area contributed by atoms with Gasteiger partial charge in [-0.05, 0) is 18.2 Å². The van der Waals surface area contributed by atoms with Crippen molar-refractivity contribution in [1.82, 2.24) is 9.80 Å². The van der Waals surface area contributed by atoms with Crippen LogP contribution in [0.2, 0.25) is 0 Å². The highest BCUT2D eigenvalue weighted by molar-refractivity contribution is 5.75. The molecule has 0 saturated carbocycles. The number of carbonyl (C=O) groups is 2. The zero-order valence-corrected chi connectivity index (χ0v) is 23.4. The number of amides is 2. The lowest BCUT2D eigenvalue weighted by Crippen LogP contribution is -2.72. The minimum absolute atomic E-state index is 0.0251. The second-order valence-electron chi connectivity index (χ2n) is 11.5. The fourth-order valence-corrected chi connectivity index (χ4v) is 6.17. The third-order valence-electron chi connectivity index (χ3n) is 8.41. The molecule has 4 saturated heterocycles. The van der Waals surface area contributed by atoms with Gasteiger partial charge in [0.15, 0.2) is 5.75 Å². The van der Waals surface area contributed by atoms with E-state index in [-0.39, 0.29) is 28.7 Å². The summed E-state index contributed by atoms with van der Waals surface area (Å²) in [5.41, 5.74) is 9.04. The number of nitro benzene ring substituents is 1. The molecule has 0 bridgehead atoms. The first kappa shape index (κ1) is 27.4. The van der Waals surface area contributed by atoms with E-state index < -0.39 is 4.92 Å². The molecule has 12 heteroatoms. The predicted molar refractivity (Wildman–Crippen MR) is 151 cm³/mol. The molecule has 2 N–H and O–H groups in total. The largest absolute Gasteiger partial charge is 0.495 e. The normalized spacial score (nSPS) is 19.4. The van der Waals surface area contributed by atoms with Crippen LogP contribution < -0.4 is 25.0 Å². The fraction of sp³-hybridized carbons (Fsp3) is 0.500. The third kappa shape index (κ3) is 4.93. The van der Waals surface area contributed by atoms with Crippen LogP contribution in [0.15, 0.2) is 36.4 Å². The molecule has 2 aromatic rings. The van der Waals surface area contributed by atoms with Crippen molar-refractivity contribution in [2.45, 2.75) is 13.8 Å². The molecule has 0 aliphatic carbocycles. The summed E-state index contributed by atoms with van der Waals surface area (Å²) in [5, 5.41) is 10.9. The maximum atomic E-state index is 11.2. The van der Waals surface area contributed by atoms with Crippen LogP contribution in [0.1, 0.15) is 13.8 Å². The number of hydrogen-bond acceptors (Lipinski definition) is 9. The van der Waals surface area contributed by atoms with Gasteiger partial charge >= 0.3 is 5.69 Å². The molecule has 4 aliphatic heterocycles. The van der Waals surface area contributed by atoms with E-state index in [4.69, 9.17) is 15.2 Å². The lowest BCUT2D eigenvalue weighted by Gasteiger charge is -2.60. The number of nitro groups is 1. The summed E-state index contributed by atoms with van der Waals surface area (Å²) in [6.07, 6.45) is 0. The molecule has 2 spiro atoms. The van der Waals surface area contributed by atoms with Crippen LogP contribution in [0, 0.1) is 20.9 Å². The van der Waals surface area contributed by atoms with Gasteiger partial charge in [-0.2, -0.15) is 0 Å². The molecule has 4 aliphatic rings. The minimum atomic E-state index is -0.448. The van der Waals surface area contributed by atoms with E-state index in [0.29, 0.717) is 11.1 Å². The van der Waals surface area contributed by atoms with E-state index in [1.165, 1.54) is 13.2 Å². The summed E-state index contributed by atoms with van der Waals surface area (Å²) >= 11 is 0. The summed E-state index contributed by atoms with van der Waals surface area (Å²) < 4.78 is 10.3. The van der Waals surface area contributed by atoms with Crippen molar-refractivity contribution in [2.75, 3.05) is 82.1 Å². The predicted octanol–water partition coefficient (Wildman–Crippen LogP) is 2.22. The number of hydrogen-bond donors (Lipinski definition) is 1. The molecule has 0 atom stereocenters. The van der Waals surface area contributed by atoms with Crippen LogP contribution in [-0.4, -0.2) is 93.1 Å². The smallest absolute Gasteiger partial charge is 0.311 e. The van der Waals surface area contributed by atoms with Crippen LogP contribution >= 0.6 is 0 Å². The highest BCUT2D eigenvalue weighted by Gasteiger charge is 2.53. The number of nitrogen functional groups attached to an aromatic ring is 1. The SMILES string of the molecule is COc1cc(N2CC3(CN(C(C)=O)C3)C2)ccc1N.COc1cc(N2CC3(CN(C(C)=O)C3)C2)ccc1[N+](=O)[O-]. The van der Waals surface area contributed by atoms with Crippen molar-refractivity contribution in [1.29, 1.82) is 0 Å². The number of ether oxygens (including phenoxy) is 2. The van der Waals surface area contributed by atoms with Gasteiger partial charge in [0.1, 0.15) is 5.75 Å². The van der Waals surface area contributed by atoms with Gasteiger partial charge in [-0.25, -0.2) is 0 Å². The van der Waals surface area contributed by atoms with E-state index in [0.717, 1.165) is 69.5 Å². The highest BCUT2D eigenvalue weighted by atomic mass is 16.6. The first-order valence-corrected chi connectivity index (χ1v) is 13.2. The first-order chi connectivity index (χ1) is 19.0. The van der Waals surface area contributed by atoms with Crippen LogP contribution in [0.5, 0.6) is 11.5 Å². The van der Waals surface area contributed by atoms with Crippen LogP contribution in [0.25, 0.3) is 0 Å². The molecule has 0 unspecified atom stereocenters. The Kier molecular flexibility index (Phi) is 6.89. The molecule has 2 amide bonds. The zero-order valence-electron chi connectivity index (χ0n) is 23.4. The van der Waals surface area contributed by atoms with Gasteiger partial charge in [-0.1, -0.05) is 0 Å². The van der Waals surface area contributed by atoms with Crippen LogP contribution in [0.3, 0.4) is 0 Å². The summed E-state index contributed by atoms with van der Waals surface area (Å²) in [6, 6.07) is 10.8. The Balaban J connectivity index is 0.000000162. The Labute approximate surface area is 233 Å². The number of likely N-dealkylation sites (tertiary alicyclic amines) is 2. The summed E-state index contributed by atoms with van der Waals surface area (Å²) in [6.45, 7) is 10.4. The Morgan fingerprint density at radius 3 is 1.60 bits per heavy atom. The van der Waals surface area contributed by atoms with Gasteiger partial charge in [0.2, 0.25) is 11.8 Å². The molecule has 12 nitrogen and oxygen atoms in total. The molecule has 0 radical (unpaired) electrons. The lowest BCUT2D eigenvalue weighted by molar-refractivity contribution is -0.385. The van der Waals surface area contributed by atoms with Gasteiger partial charge in [0.05, 0.1) is 24.8 Å². The maximum absolute atomic E-state index is 11.2. The maximum Gasteiger partial charge on any atom is 0.311 e. The standard InChI is InChI=1S/C14H17N3O4.C14H19N3O2/c1-10(18)15-6-14(7-15)8-16(9-14)11-3-4-12(17(19)20)13(5-11)21-2;1-10(18)16-6-14(7-16)8-17(9-14)11-3-4-12(15)13(5-11)19-2/h3-5H,6-9H2,1-2H3;3-5H,6-9,15H2,1-2H3. The van der Waals surface area contributed by atoms with Gasteiger partial charge in [0.25, 0.3) is 0 Å². The van der Waals surface area contributed by atoms with Gasteiger partial charge < -0.3 is 34.8 Å². The number of anilines is 3. The third-order valence-corrected chi connectivity index (χ3v) is 8.41. The molecular formula is C28H36N6O6. The summed E-state index contributed by atoms with van der Waals surface area (Å²) in [7, 11) is 3.06. The molecular weight excluding hydrogens is 516 g/mol. The lowest BCUT2D eigenvalue weighted by atomic mass is 9.72. The van der Waals surface area contributed by atoms with Crippen molar-refractivity contribution in [2.24, 2.45) is 10.8 Å². The molecule has 4 fully saturated rings. The van der Waals surface area contributed by atoms with E-state index in [1.54, 1.807) is 33.1 Å².